The van der Waals surface area contributed by atoms with Crippen LogP contribution in [0.3, 0.4) is 0 Å². The van der Waals surface area contributed by atoms with Crippen LogP contribution >= 0.6 is 0 Å². The SMILES string of the molecule is [CH2][C@H]1CCCN1C(=O)CN(C)C. The van der Waals surface area contributed by atoms with E-state index in [4.69, 9.17) is 0 Å². The molecule has 0 unspecified atom stereocenters. The van der Waals surface area contributed by atoms with Crippen LogP contribution < -0.4 is 0 Å². The van der Waals surface area contributed by atoms with E-state index >= 15 is 0 Å². The zero-order chi connectivity index (χ0) is 9.14. The number of amides is 1. The Morgan fingerprint density at radius 2 is 2.33 bits per heavy atom. The molecule has 1 aliphatic heterocycles. The van der Waals surface area contributed by atoms with Crippen LogP contribution in [0.2, 0.25) is 0 Å². The lowest BCUT2D eigenvalue weighted by Gasteiger charge is -2.22. The highest BCUT2D eigenvalue weighted by molar-refractivity contribution is 5.78. The maximum Gasteiger partial charge on any atom is 0.236 e. The number of likely N-dealkylation sites (N-methyl/N-ethyl adjacent to an activating group) is 1. The summed E-state index contributed by atoms with van der Waals surface area (Å²) in [5, 5.41) is 0. The zero-order valence-corrected chi connectivity index (χ0v) is 7.92. The van der Waals surface area contributed by atoms with Crippen molar-refractivity contribution in [3.05, 3.63) is 6.92 Å². The molecule has 1 rings (SSSR count). The van der Waals surface area contributed by atoms with Crippen molar-refractivity contribution in [2.45, 2.75) is 18.9 Å². The highest BCUT2D eigenvalue weighted by Gasteiger charge is 2.24. The molecule has 69 valence electrons. The lowest BCUT2D eigenvalue weighted by atomic mass is 10.2. The molecule has 1 amide bonds. The molecule has 0 aliphatic carbocycles. The molecule has 1 radical (unpaired) electrons. The summed E-state index contributed by atoms with van der Waals surface area (Å²) in [4.78, 5) is 15.3. The molecule has 1 heterocycles. The van der Waals surface area contributed by atoms with E-state index in [2.05, 4.69) is 6.92 Å². The average Bonchev–Trinajstić information content (AvgIpc) is 2.33. The monoisotopic (exact) mass is 169 g/mol. The molecule has 3 heteroatoms. The van der Waals surface area contributed by atoms with Gasteiger partial charge in [0.25, 0.3) is 0 Å². The molecule has 0 N–H and O–H groups in total. The van der Waals surface area contributed by atoms with Gasteiger partial charge in [0, 0.05) is 12.6 Å². The third-order valence-corrected chi connectivity index (χ3v) is 2.15. The maximum absolute atomic E-state index is 11.5. The van der Waals surface area contributed by atoms with Crippen molar-refractivity contribution in [3.63, 3.8) is 0 Å². The molecular weight excluding hydrogens is 152 g/mol. The lowest BCUT2D eigenvalue weighted by molar-refractivity contribution is -0.131. The standard InChI is InChI=1S/C9H17N2O/c1-8-5-4-6-11(8)9(12)7-10(2)3/h8H,1,4-7H2,2-3H3/t8-/m0/s1. The van der Waals surface area contributed by atoms with Gasteiger partial charge in [-0.2, -0.15) is 0 Å². The number of rotatable bonds is 2. The van der Waals surface area contributed by atoms with Crippen molar-refractivity contribution in [3.8, 4) is 0 Å². The first-order valence-corrected chi connectivity index (χ1v) is 4.38. The third kappa shape index (κ3) is 2.21. The van der Waals surface area contributed by atoms with Crippen LogP contribution in [0, 0.1) is 6.92 Å². The fraction of sp³-hybridized carbons (Fsp3) is 0.778. The van der Waals surface area contributed by atoms with Crippen LogP contribution in [0.4, 0.5) is 0 Å². The van der Waals surface area contributed by atoms with Crippen molar-refractivity contribution in [1.82, 2.24) is 9.80 Å². The van der Waals surface area contributed by atoms with E-state index in [1.807, 2.05) is 23.9 Å². The average molecular weight is 169 g/mol. The maximum atomic E-state index is 11.5. The molecule has 12 heavy (non-hydrogen) atoms. The summed E-state index contributed by atoms with van der Waals surface area (Å²) in [5.74, 6) is 0.206. The molecule has 1 aliphatic rings. The van der Waals surface area contributed by atoms with Gasteiger partial charge in [-0.25, -0.2) is 0 Å². The van der Waals surface area contributed by atoms with E-state index in [-0.39, 0.29) is 11.9 Å². The van der Waals surface area contributed by atoms with Crippen LogP contribution in [0.15, 0.2) is 0 Å². The fourth-order valence-corrected chi connectivity index (χ4v) is 1.53. The van der Waals surface area contributed by atoms with Gasteiger partial charge in [0.15, 0.2) is 0 Å². The minimum atomic E-state index is 0.206. The van der Waals surface area contributed by atoms with Gasteiger partial charge >= 0.3 is 0 Å². The van der Waals surface area contributed by atoms with Gasteiger partial charge in [-0.05, 0) is 33.9 Å². The van der Waals surface area contributed by atoms with Gasteiger partial charge < -0.3 is 9.80 Å². The van der Waals surface area contributed by atoms with E-state index in [1.54, 1.807) is 0 Å². The molecule has 0 aromatic carbocycles. The number of carbonyl (C=O) groups excluding carboxylic acids is 1. The Morgan fingerprint density at radius 3 is 2.75 bits per heavy atom. The normalized spacial score (nSPS) is 23.7. The van der Waals surface area contributed by atoms with Crippen LogP contribution in [0.25, 0.3) is 0 Å². The Bertz CT molecular complexity index is 168. The van der Waals surface area contributed by atoms with Crippen molar-refractivity contribution in [1.29, 1.82) is 0 Å². The number of likely N-dealkylation sites (tertiary alicyclic amines) is 1. The topological polar surface area (TPSA) is 23.6 Å². The summed E-state index contributed by atoms with van der Waals surface area (Å²) in [6, 6.07) is 0.206. The van der Waals surface area contributed by atoms with E-state index in [9.17, 15) is 4.79 Å². The van der Waals surface area contributed by atoms with E-state index in [1.165, 1.54) is 0 Å². The summed E-state index contributed by atoms with van der Waals surface area (Å²) >= 11 is 0. The molecular formula is C9H17N2O. The summed E-state index contributed by atoms with van der Waals surface area (Å²) in [7, 11) is 3.82. The Hall–Kier alpha value is -0.570. The number of hydrogen-bond acceptors (Lipinski definition) is 2. The molecule has 0 spiro atoms. The molecule has 1 atom stereocenters. The van der Waals surface area contributed by atoms with Gasteiger partial charge in [0.1, 0.15) is 0 Å². The fourth-order valence-electron chi connectivity index (χ4n) is 1.53. The van der Waals surface area contributed by atoms with E-state index in [0.717, 1.165) is 19.4 Å². The first-order valence-electron chi connectivity index (χ1n) is 4.38. The third-order valence-electron chi connectivity index (χ3n) is 2.15. The molecule has 1 saturated heterocycles. The van der Waals surface area contributed by atoms with Crippen molar-refractivity contribution >= 4 is 5.91 Å². The van der Waals surface area contributed by atoms with Gasteiger partial charge in [0.2, 0.25) is 5.91 Å². The minimum absolute atomic E-state index is 0.206. The zero-order valence-electron chi connectivity index (χ0n) is 7.92. The van der Waals surface area contributed by atoms with Crippen molar-refractivity contribution in [2.24, 2.45) is 0 Å². The predicted molar refractivity (Wildman–Crippen MR) is 48.6 cm³/mol. The Labute approximate surface area is 74.3 Å². The van der Waals surface area contributed by atoms with E-state index in [0.29, 0.717) is 6.54 Å². The summed E-state index contributed by atoms with van der Waals surface area (Å²) in [6.07, 6.45) is 2.16. The number of carbonyl (C=O) groups is 1. The van der Waals surface area contributed by atoms with Crippen molar-refractivity contribution < 1.29 is 4.79 Å². The molecule has 0 aromatic heterocycles. The second kappa shape index (κ2) is 3.90. The molecule has 1 fully saturated rings. The summed E-state index contributed by atoms with van der Waals surface area (Å²) < 4.78 is 0. The highest BCUT2D eigenvalue weighted by Crippen LogP contribution is 2.15. The molecule has 3 nitrogen and oxygen atoms in total. The van der Waals surface area contributed by atoms with Crippen LogP contribution in [-0.2, 0) is 4.79 Å². The molecule has 0 aromatic rings. The number of nitrogens with zero attached hydrogens (tertiary/aromatic N) is 2. The van der Waals surface area contributed by atoms with Crippen LogP contribution in [-0.4, -0.2) is 48.9 Å². The first-order chi connectivity index (χ1) is 5.61. The molecule has 0 bridgehead atoms. The summed E-state index contributed by atoms with van der Waals surface area (Å²) in [5.41, 5.74) is 0. The minimum Gasteiger partial charge on any atom is -0.339 e. The van der Waals surface area contributed by atoms with Gasteiger partial charge in [-0.3, -0.25) is 4.79 Å². The van der Waals surface area contributed by atoms with Gasteiger partial charge in [-0.15, -0.1) is 0 Å². The van der Waals surface area contributed by atoms with Crippen LogP contribution in [0.1, 0.15) is 12.8 Å². The van der Waals surface area contributed by atoms with Gasteiger partial charge in [0.05, 0.1) is 6.54 Å². The van der Waals surface area contributed by atoms with Gasteiger partial charge in [-0.1, -0.05) is 0 Å². The first kappa shape index (κ1) is 9.52. The quantitative estimate of drug-likeness (QED) is 0.596. The smallest absolute Gasteiger partial charge is 0.236 e. The predicted octanol–water partition coefficient (Wildman–Crippen LogP) is 0.373. The largest absolute Gasteiger partial charge is 0.339 e. The van der Waals surface area contributed by atoms with E-state index < -0.39 is 0 Å². The lowest BCUT2D eigenvalue weighted by Crippen LogP contribution is -2.39. The Balaban J connectivity index is 2.41. The second-order valence-electron chi connectivity index (χ2n) is 3.62. The highest BCUT2D eigenvalue weighted by atomic mass is 16.2. The summed E-state index contributed by atoms with van der Waals surface area (Å²) in [6.45, 7) is 5.33. The Kier molecular flexibility index (Phi) is 3.09. The van der Waals surface area contributed by atoms with Crippen molar-refractivity contribution in [2.75, 3.05) is 27.2 Å². The molecule has 0 saturated carbocycles. The Morgan fingerprint density at radius 1 is 1.67 bits per heavy atom. The number of hydrogen-bond donors (Lipinski definition) is 0. The van der Waals surface area contributed by atoms with Crippen LogP contribution in [0.5, 0.6) is 0 Å². The second-order valence-corrected chi connectivity index (χ2v) is 3.62.